The standard InChI is InChI=1S/C14H14ClN3O2S/c15-10-3-1-9(2-4-10)12-7-18(5-6-20-12)14-17-11(8-21-14)13(16)19/h1-4,8,12H,5-7H2,(H2,16,19). The van der Waals surface area contributed by atoms with Gasteiger partial charge in [-0.2, -0.15) is 0 Å². The number of hydrogen-bond donors (Lipinski definition) is 1. The van der Waals surface area contributed by atoms with Gasteiger partial charge < -0.3 is 15.4 Å². The average molecular weight is 324 g/mol. The molecule has 3 rings (SSSR count). The average Bonchev–Trinajstić information content (AvgIpc) is 2.98. The van der Waals surface area contributed by atoms with Crippen molar-refractivity contribution >= 4 is 34.0 Å². The van der Waals surface area contributed by atoms with Gasteiger partial charge in [0.05, 0.1) is 13.2 Å². The fourth-order valence-electron chi connectivity index (χ4n) is 2.22. The Morgan fingerprint density at radius 1 is 1.43 bits per heavy atom. The Labute approximate surface area is 131 Å². The van der Waals surface area contributed by atoms with Crippen molar-refractivity contribution in [3.63, 3.8) is 0 Å². The van der Waals surface area contributed by atoms with Crippen LogP contribution in [0.1, 0.15) is 22.2 Å². The number of nitrogens with two attached hydrogens (primary N) is 1. The summed E-state index contributed by atoms with van der Waals surface area (Å²) in [4.78, 5) is 17.5. The van der Waals surface area contributed by atoms with Crippen LogP contribution < -0.4 is 10.6 Å². The lowest BCUT2D eigenvalue weighted by molar-refractivity contribution is 0.0398. The van der Waals surface area contributed by atoms with Gasteiger partial charge in [-0.1, -0.05) is 23.7 Å². The lowest BCUT2D eigenvalue weighted by atomic mass is 10.1. The van der Waals surface area contributed by atoms with Crippen LogP contribution in [0.2, 0.25) is 5.02 Å². The van der Waals surface area contributed by atoms with E-state index in [1.165, 1.54) is 11.3 Å². The van der Waals surface area contributed by atoms with Gasteiger partial charge in [-0.25, -0.2) is 4.98 Å². The quantitative estimate of drug-likeness (QED) is 0.942. The van der Waals surface area contributed by atoms with Crippen LogP contribution in [-0.2, 0) is 4.74 Å². The summed E-state index contributed by atoms with van der Waals surface area (Å²) in [5, 5.41) is 3.19. The number of hydrogen-bond acceptors (Lipinski definition) is 5. The number of amides is 1. The number of halogens is 1. The topological polar surface area (TPSA) is 68.5 Å². The van der Waals surface area contributed by atoms with Gasteiger partial charge >= 0.3 is 0 Å². The highest BCUT2D eigenvalue weighted by Crippen LogP contribution is 2.28. The fourth-order valence-corrected chi connectivity index (χ4v) is 3.20. The Kier molecular flexibility index (Phi) is 4.10. The number of nitrogens with zero attached hydrogens (tertiary/aromatic N) is 2. The van der Waals surface area contributed by atoms with Crippen LogP contribution in [0.4, 0.5) is 5.13 Å². The highest BCUT2D eigenvalue weighted by Gasteiger charge is 2.24. The molecule has 0 bridgehead atoms. The normalized spacial score (nSPS) is 18.7. The van der Waals surface area contributed by atoms with E-state index in [0.29, 0.717) is 23.9 Å². The minimum absolute atomic E-state index is 0.0306. The van der Waals surface area contributed by atoms with Crippen molar-refractivity contribution in [1.82, 2.24) is 4.98 Å². The van der Waals surface area contributed by atoms with Crippen molar-refractivity contribution in [2.24, 2.45) is 5.73 Å². The molecule has 0 spiro atoms. The molecule has 0 radical (unpaired) electrons. The molecular formula is C14H14ClN3O2S. The van der Waals surface area contributed by atoms with E-state index in [9.17, 15) is 4.79 Å². The summed E-state index contributed by atoms with van der Waals surface area (Å²) in [6, 6.07) is 7.64. The summed E-state index contributed by atoms with van der Waals surface area (Å²) in [7, 11) is 0. The van der Waals surface area contributed by atoms with E-state index in [0.717, 1.165) is 17.2 Å². The summed E-state index contributed by atoms with van der Waals surface area (Å²) < 4.78 is 5.81. The van der Waals surface area contributed by atoms with Crippen molar-refractivity contribution in [2.45, 2.75) is 6.10 Å². The van der Waals surface area contributed by atoms with Crippen LogP contribution in [0.15, 0.2) is 29.6 Å². The lowest BCUT2D eigenvalue weighted by Crippen LogP contribution is -2.38. The van der Waals surface area contributed by atoms with E-state index in [1.807, 2.05) is 24.3 Å². The molecule has 1 aromatic heterocycles. The SMILES string of the molecule is NC(=O)c1csc(N2CCOC(c3ccc(Cl)cc3)C2)n1. The molecule has 1 unspecified atom stereocenters. The van der Waals surface area contributed by atoms with Crippen LogP contribution in [0.5, 0.6) is 0 Å². The number of benzene rings is 1. The molecule has 110 valence electrons. The maximum Gasteiger partial charge on any atom is 0.268 e. The number of rotatable bonds is 3. The zero-order valence-electron chi connectivity index (χ0n) is 11.2. The Morgan fingerprint density at radius 3 is 2.86 bits per heavy atom. The second-order valence-electron chi connectivity index (χ2n) is 4.74. The number of ether oxygens (including phenoxy) is 1. The molecule has 1 aliphatic rings. The highest BCUT2D eigenvalue weighted by atomic mass is 35.5. The number of carbonyl (C=O) groups is 1. The number of primary amides is 1. The lowest BCUT2D eigenvalue weighted by Gasteiger charge is -2.33. The van der Waals surface area contributed by atoms with Crippen molar-refractivity contribution in [2.75, 3.05) is 24.6 Å². The molecule has 0 saturated carbocycles. The number of morpholine rings is 1. The van der Waals surface area contributed by atoms with Gasteiger partial charge in [-0.15, -0.1) is 11.3 Å². The first-order chi connectivity index (χ1) is 10.1. The molecule has 1 aromatic carbocycles. The first kappa shape index (κ1) is 14.3. The molecule has 21 heavy (non-hydrogen) atoms. The van der Waals surface area contributed by atoms with Gasteiger partial charge in [0.25, 0.3) is 5.91 Å². The molecule has 1 saturated heterocycles. The summed E-state index contributed by atoms with van der Waals surface area (Å²) >= 11 is 7.33. The Bertz CT molecular complexity index is 644. The monoisotopic (exact) mass is 323 g/mol. The van der Waals surface area contributed by atoms with Gasteiger partial charge in [0.2, 0.25) is 0 Å². The van der Waals surface area contributed by atoms with Crippen LogP contribution in [0.25, 0.3) is 0 Å². The van der Waals surface area contributed by atoms with E-state index in [2.05, 4.69) is 9.88 Å². The Morgan fingerprint density at radius 2 is 2.19 bits per heavy atom. The third-order valence-electron chi connectivity index (χ3n) is 3.32. The first-order valence-corrected chi connectivity index (χ1v) is 7.76. The maximum absolute atomic E-state index is 11.1. The minimum atomic E-state index is -0.500. The predicted octanol–water partition coefficient (Wildman–Crippen LogP) is 2.47. The number of carbonyl (C=O) groups excluding carboxylic acids is 1. The van der Waals surface area contributed by atoms with Crippen molar-refractivity contribution in [1.29, 1.82) is 0 Å². The Hall–Kier alpha value is -1.63. The molecule has 1 atom stereocenters. The highest BCUT2D eigenvalue weighted by molar-refractivity contribution is 7.13. The molecule has 7 heteroatoms. The van der Waals surface area contributed by atoms with Crippen molar-refractivity contribution < 1.29 is 9.53 Å². The van der Waals surface area contributed by atoms with Crippen LogP contribution in [-0.4, -0.2) is 30.6 Å². The van der Waals surface area contributed by atoms with Gasteiger partial charge in [0.15, 0.2) is 5.13 Å². The number of thiazole rings is 1. The van der Waals surface area contributed by atoms with Crippen molar-refractivity contribution in [3.8, 4) is 0 Å². The van der Waals surface area contributed by atoms with E-state index < -0.39 is 5.91 Å². The van der Waals surface area contributed by atoms with Crippen LogP contribution in [0, 0.1) is 0 Å². The van der Waals surface area contributed by atoms with Gasteiger partial charge in [0.1, 0.15) is 11.8 Å². The molecule has 1 amide bonds. The first-order valence-electron chi connectivity index (χ1n) is 6.51. The zero-order valence-corrected chi connectivity index (χ0v) is 12.7. The van der Waals surface area contributed by atoms with E-state index >= 15 is 0 Å². The van der Waals surface area contributed by atoms with E-state index in [4.69, 9.17) is 22.1 Å². The van der Waals surface area contributed by atoms with Crippen molar-refractivity contribution in [3.05, 3.63) is 45.9 Å². The molecule has 0 aliphatic carbocycles. The largest absolute Gasteiger partial charge is 0.370 e. The maximum atomic E-state index is 11.1. The number of anilines is 1. The summed E-state index contributed by atoms with van der Waals surface area (Å²) in [5.74, 6) is -0.500. The Balaban J connectivity index is 1.75. The summed E-state index contributed by atoms with van der Waals surface area (Å²) in [6.45, 7) is 2.04. The molecule has 2 aromatic rings. The van der Waals surface area contributed by atoms with E-state index in [-0.39, 0.29) is 6.10 Å². The summed E-state index contributed by atoms with van der Waals surface area (Å²) in [5.41, 5.74) is 6.63. The predicted molar refractivity (Wildman–Crippen MR) is 83.0 cm³/mol. The van der Waals surface area contributed by atoms with Crippen LogP contribution >= 0.6 is 22.9 Å². The third-order valence-corrected chi connectivity index (χ3v) is 4.48. The third kappa shape index (κ3) is 3.18. The van der Waals surface area contributed by atoms with Crippen LogP contribution in [0.3, 0.4) is 0 Å². The van der Waals surface area contributed by atoms with Gasteiger partial charge in [-0.3, -0.25) is 4.79 Å². The molecule has 5 nitrogen and oxygen atoms in total. The molecule has 2 heterocycles. The molecule has 1 aliphatic heterocycles. The number of aromatic nitrogens is 1. The van der Waals surface area contributed by atoms with E-state index in [1.54, 1.807) is 5.38 Å². The van der Waals surface area contributed by atoms with Gasteiger partial charge in [0, 0.05) is 16.9 Å². The minimum Gasteiger partial charge on any atom is -0.370 e. The molecule has 2 N–H and O–H groups in total. The smallest absolute Gasteiger partial charge is 0.268 e. The molecular weight excluding hydrogens is 310 g/mol. The zero-order chi connectivity index (χ0) is 14.8. The summed E-state index contributed by atoms with van der Waals surface area (Å²) in [6.07, 6.45) is -0.0306. The second-order valence-corrected chi connectivity index (χ2v) is 6.01. The second kappa shape index (κ2) is 6.01. The molecule has 1 fully saturated rings. The fraction of sp³-hybridized carbons (Fsp3) is 0.286. The van der Waals surface area contributed by atoms with Gasteiger partial charge in [-0.05, 0) is 17.7 Å².